The van der Waals surface area contributed by atoms with Crippen LogP contribution in [0.25, 0.3) is 0 Å². The second-order valence-corrected chi connectivity index (χ2v) is 9.64. The highest BCUT2D eigenvalue weighted by atomic mass is 16.5. The number of rotatable bonds is 18. The van der Waals surface area contributed by atoms with Gasteiger partial charge in [0.15, 0.2) is 0 Å². The fraction of sp³-hybridized carbons (Fsp3) is 0.438. The van der Waals surface area contributed by atoms with Crippen LogP contribution in [0.1, 0.15) is 72.4 Å². The predicted molar refractivity (Wildman–Crippen MR) is 150 cm³/mol. The van der Waals surface area contributed by atoms with Crippen molar-refractivity contribution in [1.82, 2.24) is 5.32 Å². The maximum absolute atomic E-state index is 10.9. The van der Waals surface area contributed by atoms with Crippen LogP contribution in [0.5, 0.6) is 5.75 Å². The van der Waals surface area contributed by atoms with Crippen LogP contribution in [0.4, 0.5) is 0 Å². The zero-order chi connectivity index (χ0) is 26.1. The summed E-state index contributed by atoms with van der Waals surface area (Å²) in [4.78, 5) is 0. The van der Waals surface area contributed by atoms with Crippen molar-refractivity contribution in [1.29, 1.82) is 0 Å². The third-order valence-corrected chi connectivity index (χ3v) is 6.76. The lowest BCUT2D eigenvalue weighted by Gasteiger charge is -2.20. The molecule has 0 aliphatic carbocycles. The second kappa shape index (κ2) is 16.9. The lowest BCUT2D eigenvalue weighted by atomic mass is 9.91. The first kappa shape index (κ1) is 28.9. The Kier molecular flexibility index (Phi) is 13.2. The first-order valence-corrected chi connectivity index (χ1v) is 13.7. The van der Waals surface area contributed by atoms with Crippen LogP contribution in [-0.4, -0.2) is 41.6 Å². The van der Waals surface area contributed by atoms with E-state index in [1.54, 1.807) is 12.1 Å². The minimum absolute atomic E-state index is 0.0634. The summed E-state index contributed by atoms with van der Waals surface area (Å²) in [7, 11) is 0. The molecule has 5 heteroatoms. The number of benzene rings is 3. The quantitative estimate of drug-likeness (QED) is 0.167. The van der Waals surface area contributed by atoms with E-state index in [1.807, 2.05) is 30.3 Å². The monoisotopic (exact) mass is 505 g/mol. The first-order chi connectivity index (χ1) is 18.2. The van der Waals surface area contributed by atoms with Crippen molar-refractivity contribution in [3.63, 3.8) is 0 Å². The van der Waals surface area contributed by atoms with Crippen LogP contribution in [0.2, 0.25) is 0 Å². The number of phenols is 1. The third-order valence-electron chi connectivity index (χ3n) is 6.76. The van der Waals surface area contributed by atoms with Crippen molar-refractivity contribution < 1.29 is 20.1 Å². The summed E-state index contributed by atoms with van der Waals surface area (Å²) in [5.41, 5.74) is 4.50. The van der Waals surface area contributed by atoms with Gasteiger partial charge in [0, 0.05) is 25.3 Å². The van der Waals surface area contributed by atoms with Crippen LogP contribution in [0.3, 0.4) is 0 Å². The van der Waals surface area contributed by atoms with Crippen LogP contribution >= 0.6 is 0 Å². The summed E-state index contributed by atoms with van der Waals surface area (Å²) in [6.45, 7) is 2.68. The van der Waals surface area contributed by atoms with Gasteiger partial charge in [-0.05, 0) is 73.4 Å². The summed E-state index contributed by atoms with van der Waals surface area (Å²) in [5, 5.41) is 34.3. The number of unbranched alkanes of at least 4 members (excludes halogenated alkanes) is 4. The molecule has 0 amide bonds. The van der Waals surface area contributed by atoms with Gasteiger partial charge in [-0.1, -0.05) is 79.6 Å². The Morgan fingerprint density at radius 2 is 1.35 bits per heavy atom. The van der Waals surface area contributed by atoms with E-state index in [4.69, 9.17) is 4.74 Å². The van der Waals surface area contributed by atoms with Crippen LogP contribution in [-0.2, 0) is 24.2 Å². The number of aliphatic hydroxyl groups is 2. The molecule has 0 heterocycles. The summed E-state index contributed by atoms with van der Waals surface area (Å²) >= 11 is 0. The van der Waals surface area contributed by atoms with Crippen LogP contribution in [0.15, 0.2) is 72.8 Å². The lowest BCUT2D eigenvalue weighted by Crippen LogP contribution is -2.23. The number of nitrogens with one attached hydrogen (secondary N) is 1. The van der Waals surface area contributed by atoms with E-state index in [9.17, 15) is 15.3 Å². The van der Waals surface area contributed by atoms with E-state index in [-0.39, 0.29) is 12.4 Å². The van der Waals surface area contributed by atoms with E-state index in [0.717, 1.165) is 75.0 Å². The van der Waals surface area contributed by atoms with Gasteiger partial charge in [0.05, 0.1) is 12.7 Å². The summed E-state index contributed by atoms with van der Waals surface area (Å²) in [6.07, 6.45) is 7.65. The largest absolute Gasteiger partial charge is 0.508 e. The van der Waals surface area contributed by atoms with E-state index in [0.29, 0.717) is 18.5 Å². The smallest absolute Gasteiger partial charge is 0.121 e. The van der Waals surface area contributed by atoms with E-state index in [1.165, 1.54) is 12.0 Å². The van der Waals surface area contributed by atoms with Crippen molar-refractivity contribution in [2.45, 2.75) is 64.1 Å². The highest BCUT2D eigenvalue weighted by Crippen LogP contribution is 2.30. The van der Waals surface area contributed by atoms with E-state index < -0.39 is 6.10 Å². The normalized spacial score (nSPS) is 12.1. The molecule has 0 aromatic heterocycles. The molecule has 3 aromatic carbocycles. The van der Waals surface area contributed by atoms with Gasteiger partial charge in [-0.25, -0.2) is 0 Å². The zero-order valence-electron chi connectivity index (χ0n) is 21.9. The van der Waals surface area contributed by atoms with Crippen molar-refractivity contribution in [3.05, 3.63) is 101 Å². The lowest BCUT2D eigenvalue weighted by molar-refractivity contribution is 0.126. The molecule has 5 nitrogen and oxygen atoms in total. The molecule has 37 heavy (non-hydrogen) atoms. The number of aryl methyl sites for hydroxylation is 1. The van der Waals surface area contributed by atoms with E-state index in [2.05, 4.69) is 35.6 Å². The Hall–Kier alpha value is -2.70. The number of hydrogen-bond donors (Lipinski definition) is 4. The highest BCUT2D eigenvalue weighted by molar-refractivity contribution is 5.47. The number of hydrogen-bond acceptors (Lipinski definition) is 5. The first-order valence-electron chi connectivity index (χ1n) is 13.7. The minimum Gasteiger partial charge on any atom is -0.508 e. The predicted octanol–water partition coefficient (Wildman–Crippen LogP) is 5.70. The molecule has 0 saturated carbocycles. The van der Waals surface area contributed by atoms with Crippen molar-refractivity contribution in [2.24, 2.45) is 0 Å². The van der Waals surface area contributed by atoms with Gasteiger partial charge >= 0.3 is 0 Å². The van der Waals surface area contributed by atoms with Crippen LogP contribution < -0.4 is 5.32 Å². The molecular formula is C32H43NO4. The Morgan fingerprint density at radius 1 is 0.703 bits per heavy atom. The zero-order valence-corrected chi connectivity index (χ0v) is 21.9. The van der Waals surface area contributed by atoms with Crippen molar-refractivity contribution >= 4 is 0 Å². The Balaban J connectivity index is 1.27. The Labute approximate surface area is 222 Å². The summed E-state index contributed by atoms with van der Waals surface area (Å²) in [6, 6.07) is 23.8. The van der Waals surface area contributed by atoms with Gasteiger partial charge in [-0.15, -0.1) is 0 Å². The fourth-order valence-corrected chi connectivity index (χ4v) is 4.63. The maximum Gasteiger partial charge on any atom is 0.121 e. The summed E-state index contributed by atoms with van der Waals surface area (Å²) in [5.74, 6) is 0.0634. The van der Waals surface area contributed by atoms with Crippen molar-refractivity contribution in [2.75, 3.05) is 26.3 Å². The van der Waals surface area contributed by atoms with Gasteiger partial charge in [0.2, 0.25) is 0 Å². The van der Waals surface area contributed by atoms with Gasteiger partial charge in [-0.3, -0.25) is 0 Å². The molecule has 1 unspecified atom stereocenters. The number of aromatic hydroxyl groups is 1. The number of ether oxygens (including phenoxy) is 1. The SMILES string of the molecule is OCc1c(O)ccc(C(O)CNCCCCCCOCCCCc2ccccc2)c1Cc1ccccc1. The molecule has 0 spiro atoms. The maximum atomic E-state index is 10.9. The topological polar surface area (TPSA) is 82.0 Å². The minimum atomic E-state index is -0.708. The molecular weight excluding hydrogens is 462 g/mol. The molecule has 0 radical (unpaired) electrons. The van der Waals surface area contributed by atoms with Crippen molar-refractivity contribution in [3.8, 4) is 5.75 Å². The van der Waals surface area contributed by atoms with Gasteiger partial charge in [0.1, 0.15) is 5.75 Å². The molecule has 0 aliphatic heterocycles. The molecule has 0 bridgehead atoms. The Bertz CT molecular complexity index is 1010. The molecule has 3 rings (SSSR count). The second-order valence-electron chi connectivity index (χ2n) is 9.64. The molecule has 200 valence electrons. The average Bonchev–Trinajstić information content (AvgIpc) is 2.92. The molecule has 0 aliphatic rings. The number of aliphatic hydroxyl groups excluding tert-OH is 2. The molecule has 0 fully saturated rings. The molecule has 0 saturated heterocycles. The molecule has 4 N–H and O–H groups in total. The molecule has 3 aromatic rings. The van der Waals surface area contributed by atoms with Gasteiger partial charge in [0.25, 0.3) is 0 Å². The van der Waals surface area contributed by atoms with Gasteiger partial charge < -0.3 is 25.4 Å². The fourth-order valence-electron chi connectivity index (χ4n) is 4.63. The van der Waals surface area contributed by atoms with E-state index >= 15 is 0 Å². The standard InChI is InChI=1S/C32H43NO4/c34-25-30-29(23-27-16-7-4-8-17-27)28(18-19-31(30)35)32(36)24-33-20-10-1-2-11-21-37-22-12-9-15-26-13-5-3-6-14-26/h3-8,13-14,16-19,32-36H,1-2,9-12,15,20-25H2. The summed E-state index contributed by atoms with van der Waals surface area (Å²) < 4.78 is 5.78. The van der Waals surface area contributed by atoms with Gasteiger partial charge in [-0.2, -0.15) is 0 Å². The highest BCUT2D eigenvalue weighted by Gasteiger charge is 2.18. The van der Waals surface area contributed by atoms with Crippen LogP contribution in [0, 0.1) is 0 Å². The average molecular weight is 506 g/mol. The molecule has 1 atom stereocenters. The third kappa shape index (κ3) is 10.3. The Morgan fingerprint density at radius 3 is 2.05 bits per heavy atom.